The fourth-order valence-electron chi connectivity index (χ4n) is 1.06. The molecule has 0 unspecified atom stereocenters. The van der Waals surface area contributed by atoms with Crippen molar-refractivity contribution in [2.75, 3.05) is 5.75 Å². The molecule has 0 saturated carbocycles. The first-order valence-electron chi connectivity index (χ1n) is 4.08. The summed E-state index contributed by atoms with van der Waals surface area (Å²) < 4.78 is 0. The van der Waals surface area contributed by atoms with Crippen molar-refractivity contribution in [3.05, 3.63) is 28.8 Å². The second-order valence-corrected chi connectivity index (χ2v) is 4.37. The van der Waals surface area contributed by atoms with Gasteiger partial charge in [-0.25, -0.2) is 0 Å². The monoisotopic (exact) mass is 214 g/mol. The maximum atomic E-state index is 11.2. The number of carbonyl (C=O) groups excluding carboxylic acids is 1. The van der Waals surface area contributed by atoms with E-state index in [0.29, 0.717) is 5.02 Å². The largest absolute Gasteiger partial charge is 0.294 e. The number of thioether (sulfide) groups is 1. The van der Waals surface area contributed by atoms with E-state index in [9.17, 15) is 4.79 Å². The van der Waals surface area contributed by atoms with Crippen LogP contribution in [0.15, 0.2) is 23.1 Å². The standard InChI is InChI=1S/C10H11ClOS/c1-3-13-10-6-8(11)4-5-9(10)7(2)12/h4-6H,3H2,1-2H3. The quantitative estimate of drug-likeness (QED) is 0.564. The lowest BCUT2D eigenvalue weighted by Crippen LogP contribution is -1.94. The molecule has 0 fully saturated rings. The summed E-state index contributed by atoms with van der Waals surface area (Å²) in [5.74, 6) is 1.04. The molecule has 0 bridgehead atoms. The SMILES string of the molecule is CCSc1cc(Cl)ccc1C(C)=O. The molecule has 1 rings (SSSR count). The van der Waals surface area contributed by atoms with Crippen molar-refractivity contribution >= 4 is 29.1 Å². The van der Waals surface area contributed by atoms with E-state index in [1.54, 1.807) is 30.8 Å². The first-order valence-corrected chi connectivity index (χ1v) is 5.44. The zero-order valence-corrected chi connectivity index (χ0v) is 9.21. The average molecular weight is 215 g/mol. The summed E-state index contributed by atoms with van der Waals surface area (Å²) >= 11 is 7.47. The van der Waals surface area contributed by atoms with E-state index in [4.69, 9.17) is 11.6 Å². The lowest BCUT2D eigenvalue weighted by molar-refractivity contribution is 0.101. The topological polar surface area (TPSA) is 17.1 Å². The summed E-state index contributed by atoms with van der Waals surface area (Å²) in [4.78, 5) is 12.2. The van der Waals surface area contributed by atoms with Crippen LogP contribution in [-0.4, -0.2) is 11.5 Å². The van der Waals surface area contributed by atoms with Crippen molar-refractivity contribution in [3.8, 4) is 0 Å². The summed E-state index contributed by atoms with van der Waals surface area (Å²) in [5, 5.41) is 0.681. The molecule has 70 valence electrons. The maximum absolute atomic E-state index is 11.2. The molecule has 1 aromatic rings. The molecule has 0 amide bonds. The lowest BCUT2D eigenvalue weighted by Gasteiger charge is -2.04. The molecule has 0 spiro atoms. The Morgan fingerprint density at radius 1 is 1.54 bits per heavy atom. The van der Waals surface area contributed by atoms with Gasteiger partial charge in [0.25, 0.3) is 0 Å². The third kappa shape index (κ3) is 2.75. The number of halogens is 1. The van der Waals surface area contributed by atoms with Gasteiger partial charge in [0.15, 0.2) is 5.78 Å². The summed E-state index contributed by atoms with van der Waals surface area (Å²) in [6.07, 6.45) is 0. The zero-order valence-electron chi connectivity index (χ0n) is 7.63. The molecule has 0 atom stereocenters. The molecule has 0 N–H and O–H groups in total. The fraction of sp³-hybridized carbons (Fsp3) is 0.300. The van der Waals surface area contributed by atoms with E-state index in [-0.39, 0.29) is 5.78 Å². The summed E-state index contributed by atoms with van der Waals surface area (Å²) in [6, 6.07) is 5.37. The Morgan fingerprint density at radius 3 is 2.77 bits per heavy atom. The summed E-state index contributed by atoms with van der Waals surface area (Å²) in [6.45, 7) is 3.62. The van der Waals surface area contributed by atoms with E-state index < -0.39 is 0 Å². The third-order valence-electron chi connectivity index (χ3n) is 1.62. The average Bonchev–Trinajstić information content (AvgIpc) is 2.04. The van der Waals surface area contributed by atoms with Crippen LogP contribution in [0.4, 0.5) is 0 Å². The number of hydrogen-bond donors (Lipinski definition) is 0. The van der Waals surface area contributed by atoms with Crippen molar-refractivity contribution in [1.82, 2.24) is 0 Å². The Kier molecular flexibility index (Phi) is 3.82. The Morgan fingerprint density at radius 2 is 2.23 bits per heavy atom. The Labute approximate surface area is 87.5 Å². The molecule has 0 radical (unpaired) electrons. The van der Waals surface area contributed by atoms with Crippen molar-refractivity contribution in [1.29, 1.82) is 0 Å². The highest BCUT2D eigenvalue weighted by atomic mass is 35.5. The number of benzene rings is 1. The van der Waals surface area contributed by atoms with E-state index >= 15 is 0 Å². The molecule has 3 heteroatoms. The van der Waals surface area contributed by atoms with Crippen LogP contribution in [0.2, 0.25) is 5.02 Å². The van der Waals surface area contributed by atoms with Crippen LogP contribution in [0, 0.1) is 0 Å². The zero-order chi connectivity index (χ0) is 9.84. The highest BCUT2D eigenvalue weighted by Crippen LogP contribution is 2.26. The van der Waals surface area contributed by atoms with Gasteiger partial charge in [0.05, 0.1) is 0 Å². The van der Waals surface area contributed by atoms with Gasteiger partial charge in [-0.3, -0.25) is 4.79 Å². The van der Waals surface area contributed by atoms with Crippen LogP contribution in [-0.2, 0) is 0 Å². The van der Waals surface area contributed by atoms with Gasteiger partial charge in [-0.15, -0.1) is 11.8 Å². The molecule has 0 aliphatic carbocycles. The van der Waals surface area contributed by atoms with Crippen LogP contribution in [0.5, 0.6) is 0 Å². The Hall–Kier alpha value is -0.470. The summed E-state index contributed by atoms with van der Waals surface area (Å²) in [7, 11) is 0. The number of ketones is 1. The smallest absolute Gasteiger partial charge is 0.160 e. The van der Waals surface area contributed by atoms with E-state index in [0.717, 1.165) is 16.2 Å². The van der Waals surface area contributed by atoms with E-state index in [1.165, 1.54) is 0 Å². The molecule has 0 aliphatic heterocycles. The third-order valence-corrected chi connectivity index (χ3v) is 2.80. The van der Waals surface area contributed by atoms with Gasteiger partial charge in [0.1, 0.15) is 0 Å². The normalized spacial score (nSPS) is 10.1. The second kappa shape index (κ2) is 4.68. The maximum Gasteiger partial charge on any atom is 0.160 e. The van der Waals surface area contributed by atoms with Crippen LogP contribution in [0.25, 0.3) is 0 Å². The Balaban J connectivity index is 3.10. The molecule has 0 saturated heterocycles. The summed E-state index contributed by atoms with van der Waals surface area (Å²) in [5.41, 5.74) is 0.760. The molecule has 0 aromatic heterocycles. The van der Waals surface area contributed by atoms with Crippen molar-refractivity contribution in [2.45, 2.75) is 18.7 Å². The van der Waals surface area contributed by atoms with Gasteiger partial charge < -0.3 is 0 Å². The Bertz CT molecular complexity index is 323. The van der Waals surface area contributed by atoms with Crippen molar-refractivity contribution < 1.29 is 4.79 Å². The first-order chi connectivity index (χ1) is 6.15. The van der Waals surface area contributed by atoms with Crippen LogP contribution < -0.4 is 0 Å². The van der Waals surface area contributed by atoms with Crippen molar-refractivity contribution in [2.24, 2.45) is 0 Å². The van der Waals surface area contributed by atoms with Crippen LogP contribution in [0.3, 0.4) is 0 Å². The molecule has 1 nitrogen and oxygen atoms in total. The lowest BCUT2D eigenvalue weighted by atomic mass is 10.1. The minimum absolute atomic E-state index is 0.0904. The number of carbonyl (C=O) groups is 1. The number of Topliss-reactive ketones (excluding diaryl/α,β-unsaturated/α-hetero) is 1. The fourth-order valence-corrected chi connectivity index (χ4v) is 2.19. The van der Waals surface area contributed by atoms with Gasteiger partial charge in [0, 0.05) is 15.5 Å². The van der Waals surface area contributed by atoms with Gasteiger partial charge in [-0.1, -0.05) is 18.5 Å². The first kappa shape index (κ1) is 10.6. The van der Waals surface area contributed by atoms with Gasteiger partial charge in [-0.2, -0.15) is 0 Å². The molecule has 0 heterocycles. The molecular formula is C10H11ClOS. The van der Waals surface area contributed by atoms with Crippen molar-refractivity contribution in [3.63, 3.8) is 0 Å². The second-order valence-electron chi connectivity index (χ2n) is 2.63. The van der Waals surface area contributed by atoms with E-state index in [1.807, 2.05) is 6.07 Å². The molecule has 0 aliphatic rings. The number of hydrogen-bond acceptors (Lipinski definition) is 2. The minimum Gasteiger partial charge on any atom is -0.294 e. The highest BCUT2D eigenvalue weighted by molar-refractivity contribution is 7.99. The van der Waals surface area contributed by atoms with E-state index in [2.05, 4.69) is 6.92 Å². The molecular weight excluding hydrogens is 204 g/mol. The highest BCUT2D eigenvalue weighted by Gasteiger charge is 2.06. The van der Waals surface area contributed by atoms with Crippen LogP contribution in [0.1, 0.15) is 24.2 Å². The predicted molar refractivity (Wildman–Crippen MR) is 57.9 cm³/mol. The predicted octanol–water partition coefficient (Wildman–Crippen LogP) is 3.65. The van der Waals surface area contributed by atoms with Crippen LogP contribution >= 0.6 is 23.4 Å². The molecule has 13 heavy (non-hydrogen) atoms. The van der Waals surface area contributed by atoms with Gasteiger partial charge >= 0.3 is 0 Å². The molecule has 1 aromatic carbocycles. The minimum atomic E-state index is 0.0904. The van der Waals surface area contributed by atoms with Gasteiger partial charge in [-0.05, 0) is 30.9 Å². The number of rotatable bonds is 3. The van der Waals surface area contributed by atoms with Gasteiger partial charge in [0.2, 0.25) is 0 Å².